The predicted molar refractivity (Wildman–Crippen MR) is 49.4 cm³/mol. The van der Waals surface area contributed by atoms with E-state index in [1.807, 2.05) is 0 Å². The molecule has 1 N–H and O–H groups in total. The number of rotatable bonds is 5. The van der Waals surface area contributed by atoms with Gasteiger partial charge in [-0.2, -0.15) is 0 Å². The summed E-state index contributed by atoms with van der Waals surface area (Å²) in [6.45, 7) is 5.62. The molecule has 0 aliphatic carbocycles. The maximum Gasteiger partial charge on any atom is 0.0893 e. The highest BCUT2D eigenvalue weighted by atomic mass is 16.2. The lowest BCUT2D eigenvalue weighted by Gasteiger charge is -2.19. The number of aliphatic hydroxyl groups excluding tert-OH is 1. The molecule has 70 valence electrons. The van der Waals surface area contributed by atoms with Gasteiger partial charge in [0.1, 0.15) is 0 Å². The van der Waals surface area contributed by atoms with E-state index in [2.05, 4.69) is 29.1 Å². The first-order valence-corrected chi connectivity index (χ1v) is 4.64. The van der Waals surface area contributed by atoms with Gasteiger partial charge in [-0.3, -0.25) is 0 Å². The molecule has 3 nitrogen and oxygen atoms in total. The van der Waals surface area contributed by atoms with E-state index in [1.54, 1.807) is 0 Å². The van der Waals surface area contributed by atoms with Crippen molar-refractivity contribution < 1.29 is 5.11 Å². The van der Waals surface area contributed by atoms with Gasteiger partial charge >= 0.3 is 0 Å². The van der Waals surface area contributed by atoms with Crippen molar-refractivity contribution in [1.29, 1.82) is 0 Å². The normalized spacial score (nSPS) is 16.2. The number of unbranched alkanes of at least 4 members (excludes halogenated alkanes) is 1. The summed E-state index contributed by atoms with van der Waals surface area (Å²) in [5.74, 6) is 0. The average molecular weight is 170 g/mol. The fourth-order valence-corrected chi connectivity index (χ4v) is 1.29. The van der Waals surface area contributed by atoms with Crippen LogP contribution in [-0.2, 0) is 0 Å². The summed E-state index contributed by atoms with van der Waals surface area (Å²) < 4.78 is 0. The smallest absolute Gasteiger partial charge is 0.0893 e. The Kier molecular flexibility index (Phi) is 3.94. The first kappa shape index (κ1) is 9.39. The van der Waals surface area contributed by atoms with Crippen molar-refractivity contribution in [2.45, 2.75) is 19.8 Å². The zero-order valence-corrected chi connectivity index (χ0v) is 7.74. The van der Waals surface area contributed by atoms with Gasteiger partial charge < -0.3 is 14.9 Å². The van der Waals surface area contributed by atoms with Crippen LogP contribution in [0.5, 0.6) is 0 Å². The Morgan fingerprint density at radius 3 is 2.58 bits per heavy atom. The first-order valence-electron chi connectivity index (χ1n) is 4.64. The van der Waals surface area contributed by atoms with Gasteiger partial charge in [0.05, 0.1) is 6.67 Å². The first-order chi connectivity index (χ1) is 5.86. The monoisotopic (exact) mass is 170 g/mol. The lowest BCUT2D eigenvalue weighted by molar-refractivity contribution is 0.247. The van der Waals surface area contributed by atoms with Gasteiger partial charge in [0.25, 0.3) is 0 Å². The van der Waals surface area contributed by atoms with Gasteiger partial charge in [-0.05, 0) is 19.8 Å². The van der Waals surface area contributed by atoms with Crippen molar-refractivity contribution in [3.8, 4) is 0 Å². The second-order valence-corrected chi connectivity index (χ2v) is 3.09. The molecule has 1 rings (SSSR count). The third-order valence-corrected chi connectivity index (χ3v) is 2.11. The summed E-state index contributed by atoms with van der Waals surface area (Å²) in [5.41, 5.74) is 0. The summed E-state index contributed by atoms with van der Waals surface area (Å²) in [4.78, 5) is 4.54. The number of hydrogen-bond donors (Lipinski definition) is 1. The van der Waals surface area contributed by atoms with Crippen molar-refractivity contribution in [1.82, 2.24) is 9.80 Å². The van der Waals surface area contributed by atoms with Crippen molar-refractivity contribution in [3.63, 3.8) is 0 Å². The summed E-state index contributed by atoms with van der Waals surface area (Å²) >= 11 is 0. The van der Waals surface area contributed by atoms with Crippen molar-refractivity contribution in [2.24, 2.45) is 0 Å². The molecule has 0 radical (unpaired) electrons. The fourth-order valence-electron chi connectivity index (χ4n) is 1.29. The molecule has 0 amide bonds. The fraction of sp³-hybridized carbons (Fsp3) is 0.778. The van der Waals surface area contributed by atoms with E-state index >= 15 is 0 Å². The number of aliphatic hydroxyl groups is 1. The van der Waals surface area contributed by atoms with Crippen LogP contribution in [0.4, 0.5) is 0 Å². The Hall–Kier alpha value is -0.700. The minimum atomic E-state index is 0.315. The zero-order valence-electron chi connectivity index (χ0n) is 7.74. The molecule has 3 heteroatoms. The van der Waals surface area contributed by atoms with E-state index in [0.717, 1.165) is 32.6 Å². The summed E-state index contributed by atoms with van der Waals surface area (Å²) in [6.07, 6.45) is 6.24. The molecule has 0 aromatic carbocycles. The van der Waals surface area contributed by atoms with E-state index in [9.17, 15) is 0 Å². The minimum absolute atomic E-state index is 0.315. The Labute approximate surface area is 74.3 Å². The Morgan fingerprint density at radius 1 is 1.25 bits per heavy atom. The van der Waals surface area contributed by atoms with Crippen LogP contribution in [0.15, 0.2) is 12.4 Å². The molecule has 0 fully saturated rings. The molecule has 0 unspecified atom stereocenters. The molecule has 12 heavy (non-hydrogen) atoms. The lowest BCUT2D eigenvalue weighted by Crippen LogP contribution is -2.25. The van der Waals surface area contributed by atoms with Crippen LogP contribution in [0, 0.1) is 0 Å². The number of hydrogen-bond acceptors (Lipinski definition) is 3. The van der Waals surface area contributed by atoms with E-state index in [4.69, 9.17) is 5.11 Å². The topological polar surface area (TPSA) is 26.7 Å². The van der Waals surface area contributed by atoms with Crippen LogP contribution in [0.1, 0.15) is 19.8 Å². The van der Waals surface area contributed by atoms with Crippen molar-refractivity contribution in [2.75, 3.05) is 26.4 Å². The SMILES string of the molecule is CCN1C=CN(CCCCO)C1. The van der Waals surface area contributed by atoms with Gasteiger partial charge in [-0.25, -0.2) is 0 Å². The Bertz CT molecular complexity index is 147. The van der Waals surface area contributed by atoms with Gasteiger partial charge in [0, 0.05) is 32.1 Å². The molecule has 0 atom stereocenters. The second kappa shape index (κ2) is 5.04. The van der Waals surface area contributed by atoms with Crippen LogP contribution in [-0.4, -0.2) is 41.3 Å². The molecule has 0 aromatic rings. The summed E-state index contributed by atoms with van der Waals surface area (Å²) in [5, 5.41) is 8.59. The Balaban J connectivity index is 2.08. The predicted octanol–water partition coefficient (Wildman–Crippen LogP) is 0.825. The molecular weight excluding hydrogens is 152 g/mol. The van der Waals surface area contributed by atoms with E-state index in [1.165, 1.54) is 0 Å². The van der Waals surface area contributed by atoms with Gasteiger partial charge in [-0.1, -0.05) is 0 Å². The highest BCUT2D eigenvalue weighted by molar-refractivity contribution is 4.89. The van der Waals surface area contributed by atoms with E-state index < -0.39 is 0 Å². The van der Waals surface area contributed by atoms with Crippen LogP contribution in [0.25, 0.3) is 0 Å². The van der Waals surface area contributed by atoms with Crippen LogP contribution >= 0.6 is 0 Å². The maximum atomic E-state index is 8.59. The average Bonchev–Trinajstić information content (AvgIpc) is 2.53. The molecule has 1 heterocycles. The van der Waals surface area contributed by atoms with Crippen LogP contribution in [0.3, 0.4) is 0 Å². The largest absolute Gasteiger partial charge is 0.396 e. The highest BCUT2D eigenvalue weighted by Gasteiger charge is 2.08. The lowest BCUT2D eigenvalue weighted by atomic mass is 10.3. The molecule has 0 spiro atoms. The van der Waals surface area contributed by atoms with Gasteiger partial charge in [0.15, 0.2) is 0 Å². The van der Waals surface area contributed by atoms with E-state index in [-0.39, 0.29) is 0 Å². The van der Waals surface area contributed by atoms with Crippen molar-refractivity contribution in [3.05, 3.63) is 12.4 Å². The molecule has 1 aliphatic heterocycles. The van der Waals surface area contributed by atoms with Crippen LogP contribution in [0.2, 0.25) is 0 Å². The molecule has 0 saturated heterocycles. The zero-order chi connectivity index (χ0) is 8.81. The van der Waals surface area contributed by atoms with Crippen molar-refractivity contribution >= 4 is 0 Å². The van der Waals surface area contributed by atoms with Gasteiger partial charge in [0.2, 0.25) is 0 Å². The second-order valence-electron chi connectivity index (χ2n) is 3.09. The third-order valence-electron chi connectivity index (χ3n) is 2.11. The summed E-state index contributed by atoms with van der Waals surface area (Å²) in [7, 11) is 0. The summed E-state index contributed by atoms with van der Waals surface area (Å²) in [6, 6.07) is 0. The van der Waals surface area contributed by atoms with E-state index in [0.29, 0.717) is 6.61 Å². The third kappa shape index (κ3) is 2.74. The van der Waals surface area contributed by atoms with Gasteiger partial charge in [-0.15, -0.1) is 0 Å². The molecular formula is C9H18N2O. The molecule has 0 saturated carbocycles. The standard InChI is InChI=1S/C9H18N2O/c1-2-10-6-7-11(9-10)5-3-4-8-12/h6-7,12H,2-5,8-9H2,1H3. The highest BCUT2D eigenvalue weighted by Crippen LogP contribution is 2.06. The molecule has 0 aromatic heterocycles. The minimum Gasteiger partial charge on any atom is -0.396 e. The molecule has 0 bridgehead atoms. The number of nitrogens with zero attached hydrogens (tertiary/aromatic N) is 2. The maximum absolute atomic E-state index is 8.59. The molecule has 1 aliphatic rings. The quantitative estimate of drug-likeness (QED) is 0.619. The van der Waals surface area contributed by atoms with Crippen LogP contribution < -0.4 is 0 Å². The Morgan fingerprint density at radius 2 is 2.00 bits per heavy atom.